The van der Waals surface area contributed by atoms with Gasteiger partial charge in [0.1, 0.15) is 11.9 Å². The van der Waals surface area contributed by atoms with Gasteiger partial charge in [-0.05, 0) is 73.6 Å². The summed E-state index contributed by atoms with van der Waals surface area (Å²) in [5.74, 6) is -0.341. The van der Waals surface area contributed by atoms with Crippen molar-refractivity contribution in [1.82, 2.24) is 14.4 Å². The number of aliphatic hydroxyl groups is 1. The molecule has 2 heterocycles. The van der Waals surface area contributed by atoms with Crippen molar-refractivity contribution in [3.05, 3.63) is 119 Å². The van der Waals surface area contributed by atoms with Gasteiger partial charge in [-0.2, -0.15) is 0 Å². The summed E-state index contributed by atoms with van der Waals surface area (Å²) < 4.78 is 8.59. The molecule has 6 rings (SSSR count). The lowest BCUT2D eigenvalue weighted by molar-refractivity contribution is -0.115. The fourth-order valence-corrected chi connectivity index (χ4v) is 6.71. The zero-order chi connectivity index (χ0) is 36.9. The van der Waals surface area contributed by atoms with Crippen molar-refractivity contribution in [2.24, 2.45) is 13.0 Å². The van der Waals surface area contributed by atoms with E-state index in [9.17, 15) is 19.5 Å². The van der Waals surface area contributed by atoms with Crippen LogP contribution < -0.4 is 21.1 Å². The third-order valence-corrected chi connectivity index (χ3v) is 9.65. The molecule has 1 aliphatic rings. The predicted octanol–water partition coefficient (Wildman–Crippen LogP) is 5.55. The number of likely N-dealkylation sites (N-methyl/N-ethyl adjacent to an activating group) is 1. The monoisotopic (exact) mass is 702 g/mol. The third-order valence-electron chi connectivity index (χ3n) is 9.65. The van der Waals surface area contributed by atoms with Gasteiger partial charge in [0.05, 0.1) is 36.0 Å². The van der Waals surface area contributed by atoms with Crippen LogP contribution in [0.15, 0.2) is 97.2 Å². The summed E-state index contributed by atoms with van der Waals surface area (Å²) in [6, 6.07) is 27.3. The Morgan fingerprint density at radius 3 is 2.50 bits per heavy atom. The molecule has 4 aromatic carbocycles. The van der Waals surface area contributed by atoms with Crippen molar-refractivity contribution in [2.45, 2.75) is 39.0 Å². The zero-order valence-electron chi connectivity index (χ0n) is 30.0. The molecule has 5 aromatic rings. The minimum atomic E-state index is -0.419. The first-order chi connectivity index (χ1) is 25.0. The number of rotatable bonds is 11. The Kier molecular flexibility index (Phi) is 10.9. The van der Waals surface area contributed by atoms with Crippen molar-refractivity contribution in [3.63, 3.8) is 0 Å². The molecule has 11 nitrogen and oxygen atoms in total. The van der Waals surface area contributed by atoms with Gasteiger partial charge < -0.3 is 35.7 Å². The largest absolute Gasteiger partial charge is 0.488 e. The quantitative estimate of drug-likeness (QED) is 0.132. The lowest BCUT2D eigenvalue weighted by atomic mass is 9.99. The van der Waals surface area contributed by atoms with E-state index in [0.29, 0.717) is 53.6 Å². The van der Waals surface area contributed by atoms with Crippen LogP contribution in [0.25, 0.3) is 10.9 Å². The van der Waals surface area contributed by atoms with Crippen LogP contribution >= 0.6 is 0 Å². The third kappa shape index (κ3) is 8.11. The van der Waals surface area contributed by atoms with Gasteiger partial charge in [0, 0.05) is 61.0 Å². The number of fused-ring (bicyclic) bond motifs is 2. The molecule has 0 unspecified atom stereocenters. The first-order valence-electron chi connectivity index (χ1n) is 17.5. The number of aromatic nitrogens is 1. The molecule has 1 aromatic heterocycles. The molecule has 11 heteroatoms. The fraction of sp³-hybridized carbons (Fsp3) is 0.293. The number of nitrogens with one attached hydrogen (secondary N) is 2. The molecule has 1 aliphatic heterocycles. The molecule has 0 bridgehead atoms. The van der Waals surface area contributed by atoms with E-state index in [1.165, 1.54) is 0 Å². The average molecular weight is 703 g/mol. The summed E-state index contributed by atoms with van der Waals surface area (Å²) in [6.07, 6.45) is 1.85. The lowest BCUT2D eigenvalue weighted by Crippen LogP contribution is -2.49. The summed E-state index contributed by atoms with van der Waals surface area (Å²) in [7, 11) is 3.96. The van der Waals surface area contributed by atoms with Crippen LogP contribution in [-0.2, 0) is 24.8 Å². The molecule has 270 valence electrons. The number of benzene rings is 4. The van der Waals surface area contributed by atoms with Crippen LogP contribution in [0, 0.1) is 5.92 Å². The van der Waals surface area contributed by atoms with E-state index in [-0.39, 0.29) is 42.8 Å². The standard InChI is InChI=1S/C41H46N6O5/c1-26-21-47(27(2)25-48)41(51)33-20-31(43-39(49)19-30-23-46(4)36-12-8-5-9-32(30)36)17-18-37(33)52-38(26)24-45(3)22-28-13-15-29(16-14-28)40(50)44-35-11-7-6-10-34(35)42/h5-18,20,23,26-27,38,48H,19,21-22,24-25,42H2,1-4H3,(H,43,49)(H,44,50)/t26-,27+,38-/m0/s1. The van der Waals surface area contributed by atoms with Crippen molar-refractivity contribution in [2.75, 3.05) is 43.1 Å². The van der Waals surface area contributed by atoms with Gasteiger partial charge in [0.2, 0.25) is 5.91 Å². The van der Waals surface area contributed by atoms with Gasteiger partial charge in [-0.15, -0.1) is 0 Å². The van der Waals surface area contributed by atoms with Crippen molar-refractivity contribution >= 4 is 45.7 Å². The van der Waals surface area contributed by atoms with E-state index in [1.807, 2.05) is 87.2 Å². The van der Waals surface area contributed by atoms with Crippen LogP contribution in [0.5, 0.6) is 5.75 Å². The second-order valence-electron chi connectivity index (χ2n) is 13.8. The zero-order valence-corrected chi connectivity index (χ0v) is 30.0. The van der Waals surface area contributed by atoms with E-state index in [0.717, 1.165) is 22.0 Å². The van der Waals surface area contributed by atoms with Crippen LogP contribution in [0.4, 0.5) is 17.1 Å². The Morgan fingerprint density at radius 1 is 1.02 bits per heavy atom. The number of hydrogen-bond donors (Lipinski definition) is 4. The number of aryl methyl sites for hydroxylation is 1. The molecule has 3 atom stereocenters. The Hall–Kier alpha value is -5.65. The Labute approximate surface area is 304 Å². The summed E-state index contributed by atoms with van der Waals surface area (Å²) in [4.78, 5) is 43.8. The molecule has 0 saturated heterocycles. The Bertz CT molecular complexity index is 2080. The minimum Gasteiger partial charge on any atom is -0.488 e. The number of nitrogens with zero attached hydrogens (tertiary/aromatic N) is 3. The first-order valence-corrected chi connectivity index (χ1v) is 17.5. The van der Waals surface area contributed by atoms with Crippen LogP contribution in [0.1, 0.15) is 45.7 Å². The van der Waals surface area contributed by atoms with Crippen LogP contribution in [0.2, 0.25) is 0 Å². The van der Waals surface area contributed by atoms with Crippen LogP contribution in [0.3, 0.4) is 0 Å². The van der Waals surface area contributed by atoms with Crippen molar-refractivity contribution in [3.8, 4) is 5.75 Å². The number of ether oxygens (including phenoxy) is 1. The molecule has 0 spiro atoms. The predicted molar refractivity (Wildman–Crippen MR) is 204 cm³/mol. The van der Waals surface area contributed by atoms with E-state index in [1.54, 1.807) is 47.4 Å². The first kappa shape index (κ1) is 36.2. The molecule has 0 fully saturated rings. The smallest absolute Gasteiger partial charge is 0.258 e. The molecular weight excluding hydrogens is 656 g/mol. The number of hydrogen-bond acceptors (Lipinski definition) is 7. The van der Waals surface area contributed by atoms with E-state index >= 15 is 0 Å². The van der Waals surface area contributed by atoms with E-state index in [2.05, 4.69) is 15.5 Å². The Balaban J connectivity index is 1.15. The van der Waals surface area contributed by atoms with E-state index < -0.39 is 6.04 Å². The molecule has 0 saturated carbocycles. The van der Waals surface area contributed by atoms with Gasteiger partial charge in [-0.1, -0.05) is 49.4 Å². The second-order valence-corrected chi connectivity index (χ2v) is 13.8. The van der Waals surface area contributed by atoms with Gasteiger partial charge in [-0.3, -0.25) is 19.3 Å². The van der Waals surface area contributed by atoms with Crippen LogP contribution in [-0.4, -0.2) is 76.1 Å². The minimum absolute atomic E-state index is 0.0647. The van der Waals surface area contributed by atoms with Crippen molar-refractivity contribution in [1.29, 1.82) is 0 Å². The maximum absolute atomic E-state index is 14.0. The molecule has 52 heavy (non-hydrogen) atoms. The summed E-state index contributed by atoms with van der Waals surface area (Å²) in [5.41, 5.74) is 11.4. The maximum atomic E-state index is 14.0. The molecule has 5 N–H and O–H groups in total. The van der Waals surface area contributed by atoms with Crippen molar-refractivity contribution < 1.29 is 24.2 Å². The molecular formula is C41H46N6O5. The highest BCUT2D eigenvalue weighted by Crippen LogP contribution is 2.31. The number of nitrogens with two attached hydrogens (primary N) is 1. The summed E-state index contributed by atoms with van der Waals surface area (Å²) in [5, 5.41) is 16.9. The number of nitrogen functional groups attached to an aromatic ring is 1. The topological polar surface area (TPSA) is 142 Å². The number of carbonyl (C=O) groups is 3. The summed E-state index contributed by atoms with van der Waals surface area (Å²) >= 11 is 0. The van der Waals surface area contributed by atoms with Gasteiger partial charge >= 0.3 is 0 Å². The van der Waals surface area contributed by atoms with Gasteiger partial charge in [0.25, 0.3) is 11.8 Å². The lowest BCUT2D eigenvalue weighted by Gasteiger charge is -2.38. The van der Waals surface area contributed by atoms with Gasteiger partial charge in [0.15, 0.2) is 0 Å². The summed E-state index contributed by atoms with van der Waals surface area (Å²) in [6.45, 7) is 5.21. The number of anilines is 3. The number of aliphatic hydroxyl groups excluding tert-OH is 1. The number of amides is 3. The number of para-hydroxylation sites is 3. The van der Waals surface area contributed by atoms with E-state index in [4.69, 9.17) is 10.5 Å². The molecule has 3 amide bonds. The SMILES string of the molecule is C[C@H](CO)N1C[C@H](C)[C@H](CN(C)Cc2ccc(C(=O)Nc3ccccc3N)cc2)Oc2ccc(NC(=O)Cc3cn(C)c4ccccc34)cc2C1=O. The maximum Gasteiger partial charge on any atom is 0.258 e. The Morgan fingerprint density at radius 2 is 1.75 bits per heavy atom. The molecule has 0 radical (unpaired) electrons. The molecule has 0 aliphatic carbocycles. The highest BCUT2D eigenvalue weighted by Gasteiger charge is 2.33. The fourth-order valence-electron chi connectivity index (χ4n) is 6.71. The highest BCUT2D eigenvalue weighted by atomic mass is 16.5. The highest BCUT2D eigenvalue weighted by molar-refractivity contribution is 6.05. The van der Waals surface area contributed by atoms with Gasteiger partial charge in [-0.25, -0.2) is 0 Å². The number of carbonyl (C=O) groups excluding carboxylic acids is 3. The average Bonchev–Trinajstić information content (AvgIpc) is 3.45. The normalized spacial score (nSPS) is 16.5. The second kappa shape index (κ2) is 15.7.